The van der Waals surface area contributed by atoms with Gasteiger partial charge in [-0.15, -0.1) is 11.3 Å². The highest BCUT2D eigenvalue weighted by Crippen LogP contribution is 2.34. The summed E-state index contributed by atoms with van der Waals surface area (Å²) in [7, 11) is 1.53. The van der Waals surface area contributed by atoms with Gasteiger partial charge in [-0.1, -0.05) is 0 Å². The summed E-state index contributed by atoms with van der Waals surface area (Å²) < 4.78 is 2.06. The van der Waals surface area contributed by atoms with Crippen LogP contribution in [0.1, 0.15) is 33.8 Å². The second-order valence-corrected chi connectivity index (χ2v) is 5.79. The van der Waals surface area contributed by atoms with Gasteiger partial charge in [-0.3, -0.25) is 4.79 Å². The van der Waals surface area contributed by atoms with Gasteiger partial charge in [0.05, 0.1) is 5.39 Å². The Labute approximate surface area is 107 Å². The van der Waals surface area contributed by atoms with Gasteiger partial charge in [0.25, 0.3) is 5.56 Å². The number of hydrogen-bond acceptors (Lipinski definition) is 3. The van der Waals surface area contributed by atoms with E-state index in [1.165, 1.54) is 16.5 Å². The van der Waals surface area contributed by atoms with Crippen molar-refractivity contribution in [2.75, 3.05) is 0 Å². The van der Waals surface area contributed by atoms with E-state index in [2.05, 4.69) is 0 Å². The average Bonchev–Trinajstić information content (AvgIpc) is 2.71. The first kappa shape index (κ1) is 11.5. The number of carbonyl (C=O) groups is 1. The van der Waals surface area contributed by atoms with Crippen LogP contribution in [0.15, 0.2) is 10.9 Å². The molecule has 0 saturated carbocycles. The van der Waals surface area contributed by atoms with Crippen LogP contribution in [0, 0.1) is 0 Å². The molecule has 94 valence electrons. The smallest absolute Gasteiger partial charge is 0.352 e. The molecule has 0 spiro atoms. The van der Waals surface area contributed by atoms with E-state index in [1.54, 1.807) is 17.4 Å². The molecule has 0 amide bonds. The van der Waals surface area contributed by atoms with Gasteiger partial charge < -0.3 is 9.67 Å². The lowest BCUT2D eigenvalue weighted by Crippen LogP contribution is -2.23. The molecule has 0 aromatic carbocycles. The Morgan fingerprint density at radius 3 is 2.83 bits per heavy atom. The van der Waals surface area contributed by atoms with Gasteiger partial charge in [0.1, 0.15) is 5.69 Å². The SMILES string of the molecule is Cn1c(C(=O)O)cc2sc3c(c2c1=O)CCCC3. The number of hydrogen-bond donors (Lipinski definition) is 1. The Hall–Kier alpha value is -1.62. The van der Waals surface area contributed by atoms with Crippen molar-refractivity contribution in [2.45, 2.75) is 25.7 Å². The fourth-order valence-electron chi connectivity index (χ4n) is 2.63. The number of nitrogens with zero attached hydrogens (tertiary/aromatic N) is 1. The Kier molecular flexibility index (Phi) is 2.52. The van der Waals surface area contributed by atoms with E-state index in [4.69, 9.17) is 5.11 Å². The summed E-state index contributed by atoms with van der Waals surface area (Å²) in [5.41, 5.74) is 1.04. The lowest BCUT2D eigenvalue weighted by Gasteiger charge is -2.10. The maximum Gasteiger partial charge on any atom is 0.352 e. The highest BCUT2D eigenvalue weighted by molar-refractivity contribution is 7.19. The molecule has 1 aliphatic carbocycles. The Morgan fingerprint density at radius 2 is 2.11 bits per heavy atom. The third kappa shape index (κ3) is 1.50. The van der Waals surface area contributed by atoms with E-state index in [9.17, 15) is 9.59 Å². The van der Waals surface area contributed by atoms with Crippen LogP contribution in [0.4, 0.5) is 0 Å². The largest absolute Gasteiger partial charge is 0.477 e. The Bertz CT molecular complexity index is 711. The molecule has 2 heterocycles. The fourth-order valence-corrected chi connectivity index (χ4v) is 3.95. The van der Waals surface area contributed by atoms with Crippen molar-refractivity contribution < 1.29 is 9.90 Å². The topological polar surface area (TPSA) is 59.3 Å². The highest BCUT2D eigenvalue weighted by atomic mass is 32.1. The van der Waals surface area contributed by atoms with E-state index in [1.807, 2.05) is 0 Å². The molecule has 5 heteroatoms. The van der Waals surface area contributed by atoms with Crippen LogP contribution < -0.4 is 5.56 Å². The zero-order valence-corrected chi connectivity index (χ0v) is 10.8. The van der Waals surface area contributed by atoms with Crippen molar-refractivity contribution in [3.8, 4) is 0 Å². The average molecular weight is 263 g/mol. The van der Waals surface area contributed by atoms with E-state index in [-0.39, 0.29) is 11.3 Å². The predicted molar refractivity (Wildman–Crippen MR) is 70.7 cm³/mol. The highest BCUT2D eigenvalue weighted by Gasteiger charge is 2.21. The lowest BCUT2D eigenvalue weighted by atomic mass is 9.97. The first-order valence-electron chi connectivity index (χ1n) is 5.97. The monoisotopic (exact) mass is 263 g/mol. The van der Waals surface area contributed by atoms with E-state index < -0.39 is 5.97 Å². The van der Waals surface area contributed by atoms with Gasteiger partial charge in [0.15, 0.2) is 0 Å². The van der Waals surface area contributed by atoms with E-state index in [0.717, 1.165) is 41.3 Å². The van der Waals surface area contributed by atoms with Crippen LogP contribution in [0.5, 0.6) is 0 Å². The number of rotatable bonds is 1. The van der Waals surface area contributed by atoms with Crippen molar-refractivity contribution >= 4 is 27.4 Å². The zero-order valence-electron chi connectivity index (χ0n) is 10.0. The molecule has 2 aromatic heterocycles. The van der Waals surface area contributed by atoms with Gasteiger partial charge in [0, 0.05) is 16.6 Å². The van der Waals surface area contributed by atoms with E-state index >= 15 is 0 Å². The normalized spacial score (nSPS) is 14.7. The lowest BCUT2D eigenvalue weighted by molar-refractivity contribution is 0.0685. The van der Waals surface area contributed by atoms with Gasteiger partial charge in [-0.2, -0.15) is 0 Å². The summed E-state index contributed by atoms with van der Waals surface area (Å²) in [4.78, 5) is 24.7. The Morgan fingerprint density at radius 1 is 1.39 bits per heavy atom. The number of carboxylic acid groups (broad SMARTS) is 1. The molecule has 3 rings (SSSR count). The molecule has 0 fully saturated rings. The number of aromatic carboxylic acids is 1. The molecule has 0 bridgehead atoms. The molecule has 1 aliphatic rings. The minimum Gasteiger partial charge on any atom is -0.477 e. The molecular formula is C13H13NO3S. The standard InChI is InChI=1S/C13H13NO3S/c1-14-8(13(16)17)6-10-11(12(14)15)7-4-2-3-5-9(7)18-10/h6H,2-5H2,1H3,(H,16,17). The van der Waals surface area contributed by atoms with Crippen LogP contribution >= 0.6 is 11.3 Å². The summed E-state index contributed by atoms with van der Waals surface area (Å²) in [6, 6.07) is 1.63. The minimum atomic E-state index is -1.05. The van der Waals surface area contributed by atoms with Crippen LogP contribution in [0.3, 0.4) is 0 Å². The van der Waals surface area contributed by atoms with Crippen molar-refractivity contribution in [3.05, 3.63) is 32.6 Å². The molecule has 2 aromatic rings. The molecule has 0 aliphatic heterocycles. The molecule has 4 nitrogen and oxygen atoms in total. The summed E-state index contributed by atoms with van der Waals surface area (Å²) in [6.07, 6.45) is 4.23. The first-order chi connectivity index (χ1) is 8.59. The number of pyridine rings is 1. The zero-order chi connectivity index (χ0) is 12.9. The minimum absolute atomic E-state index is 0.0612. The summed E-state index contributed by atoms with van der Waals surface area (Å²) in [5, 5.41) is 9.84. The van der Waals surface area contributed by atoms with Crippen molar-refractivity contribution in [2.24, 2.45) is 7.05 Å². The van der Waals surface area contributed by atoms with Gasteiger partial charge >= 0.3 is 5.97 Å². The van der Waals surface area contributed by atoms with Gasteiger partial charge in [-0.25, -0.2) is 4.79 Å². The van der Waals surface area contributed by atoms with Crippen LogP contribution in [-0.2, 0) is 19.9 Å². The summed E-state index contributed by atoms with van der Waals surface area (Å²) in [6.45, 7) is 0. The molecule has 0 atom stereocenters. The fraction of sp³-hybridized carbons (Fsp3) is 0.385. The second-order valence-electron chi connectivity index (χ2n) is 4.65. The van der Waals surface area contributed by atoms with Crippen molar-refractivity contribution in [1.82, 2.24) is 4.57 Å². The van der Waals surface area contributed by atoms with E-state index in [0.29, 0.717) is 0 Å². The molecule has 1 N–H and O–H groups in total. The number of carboxylic acids is 1. The van der Waals surface area contributed by atoms with Crippen molar-refractivity contribution in [3.63, 3.8) is 0 Å². The number of fused-ring (bicyclic) bond motifs is 3. The maximum absolute atomic E-state index is 12.3. The first-order valence-corrected chi connectivity index (χ1v) is 6.79. The Balaban J connectivity index is 2.41. The molecule has 0 radical (unpaired) electrons. The van der Waals surface area contributed by atoms with Gasteiger partial charge in [0.2, 0.25) is 0 Å². The summed E-state index contributed by atoms with van der Waals surface area (Å²) in [5.74, 6) is -1.05. The second kappa shape index (κ2) is 3.95. The predicted octanol–water partition coefficient (Wildman–Crippen LogP) is 2.18. The molecular weight excluding hydrogens is 250 g/mol. The van der Waals surface area contributed by atoms with Crippen LogP contribution in [0.2, 0.25) is 0 Å². The number of aryl methyl sites for hydroxylation is 2. The number of thiophene rings is 1. The van der Waals surface area contributed by atoms with Crippen molar-refractivity contribution in [1.29, 1.82) is 0 Å². The maximum atomic E-state index is 12.3. The molecule has 0 unspecified atom stereocenters. The third-order valence-corrected chi connectivity index (χ3v) is 4.80. The molecule has 0 saturated heterocycles. The van der Waals surface area contributed by atoms with Crippen LogP contribution in [0.25, 0.3) is 10.1 Å². The number of aromatic nitrogens is 1. The third-order valence-electron chi connectivity index (χ3n) is 3.57. The van der Waals surface area contributed by atoms with Crippen LogP contribution in [-0.4, -0.2) is 15.6 Å². The summed E-state index contributed by atoms with van der Waals surface area (Å²) >= 11 is 1.58. The molecule has 18 heavy (non-hydrogen) atoms. The van der Waals surface area contributed by atoms with Gasteiger partial charge in [-0.05, 0) is 37.3 Å². The quantitative estimate of drug-likeness (QED) is 0.857.